The highest BCUT2D eigenvalue weighted by molar-refractivity contribution is 7.18. The van der Waals surface area contributed by atoms with E-state index in [4.69, 9.17) is 0 Å². The van der Waals surface area contributed by atoms with Gasteiger partial charge in [0, 0.05) is 0 Å². The van der Waals surface area contributed by atoms with Gasteiger partial charge in [0.05, 0.1) is 11.5 Å². The third kappa shape index (κ3) is 2.75. The van der Waals surface area contributed by atoms with Crippen molar-refractivity contribution >= 4 is 27.4 Å². The van der Waals surface area contributed by atoms with E-state index in [0.29, 0.717) is 0 Å². The molecule has 0 aliphatic carbocycles. The van der Waals surface area contributed by atoms with Crippen LogP contribution in [-0.2, 0) is 4.79 Å². The number of nitrogens with zero attached hydrogens (tertiary/aromatic N) is 2. The number of carbonyl (C=O) groups excluding carboxylic acids is 1. The molecule has 0 saturated heterocycles. The van der Waals surface area contributed by atoms with Gasteiger partial charge in [0.2, 0.25) is 5.91 Å². The predicted molar refractivity (Wildman–Crippen MR) is 51.3 cm³/mol. The Bertz CT molecular complexity index is 351. The second kappa shape index (κ2) is 4.63. The monoisotopic (exact) mass is 216 g/mol. The van der Waals surface area contributed by atoms with Crippen molar-refractivity contribution in [3.05, 3.63) is 16.3 Å². The van der Waals surface area contributed by atoms with E-state index in [1.807, 2.05) is 0 Å². The Balaban J connectivity index is 2.59. The normalized spacial score (nSPS) is 9.79. The lowest BCUT2D eigenvalue weighted by atomic mass is 10.6. The van der Waals surface area contributed by atoms with Gasteiger partial charge in [-0.1, -0.05) is 0 Å². The molecule has 1 heterocycles. The van der Waals surface area contributed by atoms with Gasteiger partial charge in [0.25, 0.3) is 0 Å². The molecule has 8 heteroatoms. The number of amides is 1. The van der Waals surface area contributed by atoms with Crippen LogP contribution >= 0.6 is 11.3 Å². The van der Waals surface area contributed by atoms with Crippen LogP contribution in [0.5, 0.6) is 0 Å². The molecule has 1 rings (SSSR count). The summed E-state index contributed by atoms with van der Waals surface area (Å²) in [5.74, 6) is -0.281. The zero-order chi connectivity index (χ0) is 10.6. The number of aromatic nitrogens is 1. The zero-order valence-corrected chi connectivity index (χ0v) is 8.13. The van der Waals surface area contributed by atoms with Gasteiger partial charge >= 0.3 is 5.00 Å². The number of hydrogen-bond donors (Lipinski definition) is 2. The third-order valence-electron chi connectivity index (χ3n) is 1.26. The molecule has 0 spiro atoms. The average Bonchev–Trinajstić information content (AvgIpc) is 2.53. The van der Waals surface area contributed by atoms with E-state index in [1.54, 1.807) is 7.05 Å². The molecule has 1 amide bonds. The van der Waals surface area contributed by atoms with Gasteiger partial charge in [0.1, 0.15) is 6.20 Å². The van der Waals surface area contributed by atoms with Crippen molar-refractivity contribution in [2.75, 3.05) is 18.9 Å². The summed E-state index contributed by atoms with van der Waals surface area (Å²) in [6.07, 6.45) is 1.11. The zero-order valence-electron chi connectivity index (χ0n) is 7.31. The summed E-state index contributed by atoms with van der Waals surface area (Å²) in [6.45, 7) is 0.146. The molecule has 76 valence electrons. The van der Waals surface area contributed by atoms with E-state index in [1.165, 1.54) is 0 Å². The molecule has 0 radical (unpaired) electrons. The molecule has 0 fully saturated rings. The molecule has 2 N–H and O–H groups in total. The van der Waals surface area contributed by atoms with Gasteiger partial charge in [0.15, 0.2) is 5.13 Å². The lowest BCUT2D eigenvalue weighted by Gasteiger charge is -1.98. The standard InChI is InChI=1S/C6H8N4O3S/c1-7-2-4(11)9-6-8-3-5(14-6)10(12)13/h3,7H,2H2,1H3,(H,8,9,11). The van der Waals surface area contributed by atoms with Gasteiger partial charge in [-0.2, -0.15) is 0 Å². The Labute approximate surface area is 83.3 Å². The van der Waals surface area contributed by atoms with E-state index in [2.05, 4.69) is 15.6 Å². The SMILES string of the molecule is CNCC(=O)Nc1ncc([N+](=O)[O-])s1. The van der Waals surface area contributed by atoms with Gasteiger partial charge in [-0.25, -0.2) is 4.98 Å². The van der Waals surface area contributed by atoms with Crippen molar-refractivity contribution < 1.29 is 9.72 Å². The molecule has 0 saturated carbocycles. The first-order valence-electron chi connectivity index (χ1n) is 3.68. The maximum Gasteiger partial charge on any atom is 0.345 e. The summed E-state index contributed by atoms with van der Waals surface area (Å²) >= 11 is 0.825. The lowest BCUT2D eigenvalue weighted by molar-refractivity contribution is -0.380. The van der Waals surface area contributed by atoms with Crippen LogP contribution in [0, 0.1) is 10.1 Å². The minimum Gasteiger partial charge on any atom is -0.311 e. The van der Waals surface area contributed by atoms with Crippen LogP contribution in [-0.4, -0.2) is 29.4 Å². The van der Waals surface area contributed by atoms with Crippen LogP contribution in [0.4, 0.5) is 10.1 Å². The van der Waals surface area contributed by atoms with Gasteiger partial charge in [-0.3, -0.25) is 14.9 Å². The summed E-state index contributed by atoms with van der Waals surface area (Å²) in [5.41, 5.74) is 0. The smallest absolute Gasteiger partial charge is 0.311 e. The number of thiazole rings is 1. The van der Waals surface area contributed by atoms with Crippen molar-refractivity contribution in [1.82, 2.24) is 10.3 Å². The number of hydrogen-bond acceptors (Lipinski definition) is 6. The molecule has 0 aliphatic heterocycles. The third-order valence-corrected chi connectivity index (χ3v) is 2.12. The number of nitrogens with one attached hydrogen (secondary N) is 2. The number of likely N-dealkylation sites (N-methyl/N-ethyl adjacent to an activating group) is 1. The van der Waals surface area contributed by atoms with Gasteiger partial charge < -0.3 is 10.6 Å². The molecule has 1 aromatic heterocycles. The first-order valence-corrected chi connectivity index (χ1v) is 4.50. The number of nitro groups is 1. The fourth-order valence-corrected chi connectivity index (χ4v) is 1.38. The van der Waals surface area contributed by atoms with Crippen LogP contribution in [0.15, 0.2) is 6.20 Å². The topological polar surface area (TPSA) is 97.2 Å². The van der Waals surface area contributed by atoms with Crippen molar-refractivity contribution in [2.45, 2.75) is 0 Å². The van der Waals surface area contributed by atoms with Crippen LogP contribution in [0.1, 0.15) is 0 Å². The fraction of sp³-hybridized carbons (Fsp3) is 0.333. The lowest BCUT2D eigenvalue weighted by Crippen LogP contribution is -2.24. The van der Waals surface area contributed by atoms with E-state index >= 15 is 0 Å². The van der Waals surface area contributed by atoms with Crippen molar-refractivity contribution in [3.63, 3.8) is 0 Å². The molecule has 1 aromatic rings. The first kappa shape index (κ1) is 10.5. The Kier molecular flexibility index (Phi) is 3.48. The minimum atomic E-state index is -0.550. The summed E-state index contributed by atoms with van der Waals surface area (Å²) in [5, 5.41) is 15.5. The Morgan fingerprint density at radius 2 is 2.50 bits per heavy atom. The van der Waals surface area contributed by atoms with Crippen molar-refractivity contribution in [2.24, 2.45) is 0 Å². The Morgan fingerprint density at radius 3 is 3.00 bits per heavy atom. The second-order valence-electron chi connectivity index (χ2n) is 2.34. The molecule has 0 unspecified atom stereocenters. The summed E-state index contributed by atoms with van der Waals surface area (Å²) < 4.78 is 0. The first-order chi connectivity index (χ1) is 6.63. The molecular formula is C6H8N4O3S. The Hall–Kier alpha value is -1.54. The molecule has 7 nitrogen and oxygen atoms in total. The van der Waals surface area contributed by atoms with Crippen LogP contribution in [0.2, 0.25) is 0 Å². The van der Waals surface area contributed by atoms with Gasteiger partial charge in [-0.15, -0.1) is 0 Å². The number of rotatable bonds is 4. The van der Waals surface area contributed by atoms with E-state index < -0.39 is 4.92 Å². The molecule has 0 bridgehead atoms. The van der Waals surface area contributed by atoms with Crippen molar-refractivity contribution in [3.8, 4) is 0 Å². The number of anilines is 1. The minimum absolute atomic E-state index is 0.0928. The summed E-state index contributed by atoms with van der Waals surface area (Å²) in [4.78, 5) is 24.4. The molecule has 0 atom stereocenters. The molecular weight excluding hydrogens is 208 g/mol. The largest absolute Gasteiger partial charge is 0.345 e. The quantitative estimate of drug-likeness (QED) is 0.553. The summed E-state index contributed by atoms with van der Waals surface area (Å²) in [7, 11) is 1.63. The van der Waals surface area contributed by atoms with Crippen LogP contribution < -0.4 is 10.6 Å². The van der Waals surface area contributed by atoms with Crippen molar-refractivity contribution in [1.29, 1.82) is 0 Å². The van der Waals surface area contributed by atoms with E-state index in [9.17, 15) is 14.9 Å². The van der Waals surface area contributed by atoms with Crippen LogP contribution in [0.25, 0.3) is 0 Å². The summed E-state index contributed by atoms with van der Waals surface area (Å²) in [6, 6.07) is 0. The average molecular weight is 216 g/mol. The molecule has 14 heavy (non-hydrogen) atoms. The molecule has 0 aromatic carbocycles. The number of carbonyl (C=O) groups is 1. The Morgan fingerprint density at radius 1 is 1.79 bits per heavy atom. The maximum absolute atomic E-state index is 11.0. The molecule has 0 aliphatic rings. The highest BCUT2D eigenvalue weighted by Gasteiger charge is 2.12. The highest BCUT2D eigenvalue weighted by atomic mass is 32.1. The van der Waals surface area contributed by atoms with E-state index in [-0.39, 0.29) is 22.6 Å². The van der Waals surface area contributed by atoms with Crippen LogP contribution in [0.3, 0.4) is 0 Å². The van der Waals surface area contributed by atoms with E-state index in [0.717, 1.165) is 17.5 Å². The fourth-order valence-electron chi connectivity index (χ4n) is 0.732. The highest BCUT2D eigenvalue weighted by Crippen LogP contribution is 2.24. The van der Waals surface area contributed by atoms with Gasteiger partial charge in [-0.05, 0) is 18.4 Å². The predicted octanol–water partition coefficient (Wildman–Crippen LogP) is 0.209. The second-order valence-corrected chi connectivity index (χ2v) is 3.35. The maximum atomic E-state index is 11.0.